The Morgan fingerprint density at radius 2 is 2.05 bits per heavy atom. The van der Waals surface area contributed by atoms with E-state index in [1.165, 1.54) is 4.90 Å². The molecule has 22 heavy (non-hydrogen) atoms. The minimum absolute atomic E-state index is 0.139. The zero-order valence-electron chi connectivity index (χ0n) is 11.5. The molecule has 0 radical (unpaired) electrons. The van der Waals surface area contributed by atoms with Gasteiger partial charge in [0.15, 0.2) is 5.75 Å². The Balaban J connectivity index is 2.53. The molecular weight excluding hydrogens is 298 g/mol. The standard InChI is InChI=1S/C13H14F2N4O3/c14-13(15)11(18-3-1-17-2-4-18)9-5-8(7-16)6-10(12(9)20)19(21)22/h5-6,11,13,17,20H,1-4H2/t11-/m1/s1. The largest absolute Gasteiger partial charge is 0.502 e. The van der Waals surface area contributed by atoms with Crippen LogP contribution in [0.3, 0.4) is 0 Å². The number of nitrogens with zero attached hydrogens (tertiary/aromatic N) is 3. The minimum Gasteiger partial charge on any atom is -0.502 e. The van der Waals surface area contributed by atoms with E-state index in [2.05, 4.69) is 5.32 Å². The molecule has 2 N–H and O–H groups in total. The highest BCUT2D eigenvalue weighted by molar-refractivity contribution is 5.57. The number of phenolic OH excluding ortho intramolecular Hbond substituents is 1. The molecule has 1 aromatic carbocycles. The molecule has 0 spiro atoms. The van der Waals surface area contributed by atoms with Gasteiger partial charge >= 0.3 is 5.69 Å². The molecule has 1 atom stereocenters. The van der Waals surface area contributed by atoms with Crippen molar-refractivity contribution in [2.45, 2.75) is 12.5 Å². The highest BCUT2D eigenvalue weighted by Crippen LogP contribution is 2.39. The summed E-state index contributed by atoms with van der Waals surface area (Å²) >= 11 is 0. The van der Waals surface area contributed by atoms with E-state index in [4.69, 9.17) is 5.26 Å². The molecule has 0 aromatic heterocycles. The van der Waals surface area contributed by atoms with E-state index in [1.807, 2.05) is 0 Å². The molecule has 0 bridgehead atoms. The molecular formula is C13H14F2N4O3. The van der Waals surface area contributed by atoms with Gasteiger partial charge < -0.3 is 10.4 Å². The maximum atomic E-state index is 13.5. The summed E-state index contributed by atoms with van der Waals surface area (Å²) in [5.74, 6) is -0.812. The fourth-order valence-corrected chi connectivity index (χ4v) is 2.52. The van der Waals surface area contributed by atoms with Crippen molar-refractivity contribution in [2.75, 3.05) is 26.2 Å². The van der Waals surface area contributed by atoms with Crippen LogP contribution in [0.4, 0.5) is 14.5 Å². The van der Waals surface area contributed by atoms with Gasteiger partial charge in [-0.3, -0.25) is 15.0 Å². The third-order valence-electron chi connectivity index (χ3n) is 3.55. The number of hydrogen-bond donors (Lipinski definition) is 2. The predicted octanol–water partition coefficient (Wildman–Crippen LogP) is 1.38. The van der Waals surface area contributed by atoms with E-state index in [9.17, 15) is 24.0 Å². The van der Waals surface area contributed by atoms with Crippen LogP contribution in [0.1, 0.15) is 17.2 Å². The highest BCUT2D eigenvalue weighted by atomic mass is 19.3. The van der Waals surface area contributed by atoms with E-state index < -0.39 is 28.8 Å². The maximum Gasteiger partial charge on any atom is 0.312 e. The molecule has 1 fully saturated rings. The van der Waals surface area contributed by atoms with Gasteiger partial charge in [-0.1, -0.05) is 0 Å². The number of benzene rings is 1. The number of alkyl halides is 2. The summed E-state index contributed by atoms with van der Waals surface area (Å²) in [4.78, 5) is 11.5. The molecule has 0 amide bonds. The molecule has 1 saturated heterocycles. The normalized spacial score (nSPS) is 17.2. The molecule has 1 heterocycles. The first kappa shape index (κ1) is 16.1. The summed E-state index contributed by atoms with van der Waals surface area (Å²) in [6.07, 6.45) is -2.85. The number of aromatic hydroxyl groups is 1. The quantitative estimate of drug-likeness (QED) is 0.643. The van der Waals surface area contributed by atoms with E-state index in [0.717, 1.165) is 12.1 Å². The van der Waals surface area contributed by atoms with Gasteiger partial charge in [0, 0.05) is 37.8 Å². The second-order valence-electron chi connectivity index (χ2n) is 4.87. The average molecular weight is 312 g/mol. The highest BCUT2D eigenvalue weighted by Gasteiger charge is 2.35. The molecule has 2 rings (SSSR count). The van der Waals surface area contributed by atoms with Crippen molar-refractivity contribution in [2.24, 2.45) is 0 Å². The van der Waals surface area contributed by atoms with E-state index >= 15 is 0 Å². The number of nitrogens with one attached hydrogen (secondary N) is 1. The van der Waals surface area contributed by atoms with Gasteiger partial charge in [-0.15, -0.1) is 0 Å². The summed E-state index contributed by atoms with van der Waals surface area (Å²) in [5.41, 5.74) is -1.17. The van der Waals surface area contributed by atoms with Crippen molar-refractivity contribution in [3.05, 3.63) is 33.4 Å². The van der Waals surface area contributed by atoms with Crippen LogP contribution in [0.25, 0.3) is 0 Å². The lowest BCUT2D eigenvalue weighted by molar-refractivity contribution is -0.386. The van der Waals surface area contributed by atoms with Gasteiger partial charge in [0.05, 0.1) is 16.6 Å². The second-order valence-corrected chi connectivity index (χ2v) is 4.87. The van der Waals surface area contributed by atoms with E-state index in [1.54, 1.807) is 6.07 Å². The SMILES string of the molecule is N#Cc1cc([C@H](C(F)F)N2CCNCC2)c(O)c([N+](=O)[O-])c1. The van der Waals surface area contributed by atoms with Crippen LogP contribution in [0.5, 0.6) is 5.75 Å². The monoisotopic (exact) mass is 312 g/mol. The number of nitriles is 1. The van der Waals surface area contributed by atoms with Crippen LogP contribution >= 0.6 is 0 Å². The summed E-state index contributed by atoms with van der Waals surface area (Å²) in [7, 11) is 0. The summed E-state index contributed by atoms with van der Waals surface area (Å²) in [6.45, 7) is 1.64. The molecule has 0 unspecified atom stereocenters. The Morgan fingerprint density at radius 3 is 2.55 bits per heavy atom. The van der Waals surface area contributed by atoms with Crippen LogP contribution in [-0.2, 0) is 0 Å². The van der Waals surface area contributed by atoms with Crippen molar-refractivity contribution in [3.63, 3.8) is 0 Å². The first-order valence-corrected chi connectivity index (χ1v) is 6.60. The van der Waals surface area contributed by atoms with Gasteiger partial charge in [-0.25, -0.2) is 8.78 Å². The van der Waals surface area contributed by atoms with Gasteiger partial charge in [0.1, 0.15) is 6.04 Å². The van der Waals surface area contributed by atoms with Gasteiger partial charge in [-0.05, 0) is 6.07 Å². The first-order valence-electron chi connectivity index (χ1n) is 6.60. The summed E-state index contributed by atoms with van der Waals surface area (Å²) in [6, 6.07) is 2.16. The van der Waals surface area contributed by atoms with Gasteiger partial charge in [-0.2, -0.15) is 5.26 Å². The van der Waals surface area contributed by atoms with Crippen molar-refractivity contribution >= 4 is 5.69 Å². The van der Waals surface area contributed by atoms with E-state index in [-0.39, 0.29) is 11.1 Å². The third-order valence-corrected chi connectivity index (χ3v) is 3.55. The number of rotatable bonds is 4. The number of hydrogen-bond acceptors (Lipinski definition) is 6. The molecule has 1 aliphatic rings. The first-order chi connectivity index (χ1) is 10.5. The van der Waals surface area contributed by atoms with Gasteiger partial charge in [0.2, 0.25) is 0 Å². The maximum absolute atomic E-state index is 13.5. The molecule has 7 nitrogen and oxygen atoms in total. The summed E-state index contributed by atoms with van der Waals surface area (Å²) in [5, 5.41) is 32.9. The number of nitro groups is 1. The molecule has 1 aromatic rings. The Kier molecular flexibility index (Phi) is 4.85. The zero-order valence-corrected chi connectivity index (χ0v) is 11.5. The number of phenols is 1. The number of piperazine rings is 1. The van der Waals surface area contributed by atoms with Crippen molar-refractivity contribution < 1.29 is 18.8 Å². The smallest absolute Gasteiger partial charge is 0.312 e. The lowest BCUT2D eigenvalue weighted by Gasteiger charge is -2.34. The molecule has 0 aliphatic carbocycles. The second kappa shape index (κ2) is 6.64. The van der Waals surface area contributed by atoms with Gasteiger partial charge in [0.25, 0.3) is 6.43 Å². The predicted molar refractivity (Wildman–Crippen MR) is 72.7 cm³/mol. The van der Waals surface area contributed by atoms with E-state index in [0.29, 0.717) is 26.2 Å². The molecule has 1 aliphatic heterocycles. The fraction of sp³-hybridized carbons (Fsp3) is 0.462. The van der Waals surface area contributed by atoms with Crippen molar-refractivity contribution in [3.8, 4) is 11.8 Å². The number of halogens is 2. The molecule has 0 saturated carbocycles. The Morgan fingerprint density at radius 1 is 1.41 bits per heavy atom. The molecule has 9 heteroatoms. The van der Waals surface area contributed by atoms with Crippen LogP contribution < -0.4 is 5.32 Å². The van der Waals surface area contributed by atoms with Crippen molar-refractivity contribution in [1.82, 2.24) is 10.2 Å². The fourth-order valence-electron chi connectivity index (χ4n) is 2.52. The Bertz CT molecular complexity index is 612. The van der Waals surface area contributed by atoms with Crippen LogP contribution in [0.15, 0.2) is 12.1 Å². The topological polar surface area (TPSA) is 102 Å². The zero-order chi connectivity index (χ0) is 16.3. The lowest BCUT2D eigenvalue weighted by atomic mass is 10.00. The van der Waals surface area contributed by atoms with Crippen LogP contribution in [0.2, 0.25) is 0 Å². The summed E-state index contributed by atoms with van der Waals surface area (Å²) < 4.78 is 27.0. The third kappa shape index (κ3) is 3.13. The van der Waals surface area contributed by atoms with Crippen molar-refractivity contribution in [1.29, 1.82) is 5.26 Å². The minimum atomic E-state index is -2.85. The van der Waals surface area contributed by atoms with Crippen LogP contribution in [0, 0.1) is 21.4 Å². The van der Waals surface area contributed by atoms with Crippen LogP contribution in [-0.4, -0.2) is 47.5 Å². The molecule has 118 valence electrons. The average Bonchev–Trinajstić information content (AvgIpc) is 2.49. The Hall–Kier alpha value is -2.31. The number of nitro benzene ring substituents is 1. The lowest BCUT2D eigenvalue weighted by Crippen LogP contribution is -2.47. The Labute approximate surface area is 124 Å².